The fourth-order valence-electron chi connectivity index (χ4n) is 2.92. The quantitative estimate of drug-likeness (QED) is 0.937. The van der Waals surface area contributed by atoms with Gasteiger partial charge in [-0.25, -0.2) is 4.98 Å². The summed E-state index contributed by atoms with van der Waals surface area (Å²) in [6.07, 6.45) is 5.95. The average Bonchev–Trinajstić information content (AvgIpc) is 3.04. The molecule has 1 aliphatic heterocycles. The lowest BCUT2D eigenvalue weighted by molar-refractivity contribution is 0.410. The van der Waals surface area contributed by atoms with Crippen LogP contribution in [0.3, 0.4) is 0 Å². The van der Waals surface area contributed by atoms with Crippen molar-refractivity contribution in [3.63, 3.8) is 0 Å². The van der Waals surface area contributed by atoms with E-state index in [2.05, 4.69) is 16.4 Å². The first kappa shape index (κ1) is 13.7. The number of aromatic nitrogens is 2. The highest BCUT2D eigenvalue weighted by atomic mass is 16.5. The summed E-state index contributed by atoms with van der Waals surface area (Å²) >= 11 is 0. The molecule has 1 unspecified atom stereocenters. The summed E-state index contributed by atoms with van der Waals surface area (Å²) in [5.41, 5.74) is 2.50. The average molecular weight is 282 g/mol. The molecule has 2 aromatic rings. The van der Waals surface area contributed by atoms with Crippen LogP contribution in [-0.2, 0) is 0 Å². The maximum atomic E-state index is 9.39. The highest BCUT2D eigenvalue weighted by Crippen LogP contribution is 2.31. The van der Waals surface area contributed by atoms with E-state index in [-0.39, 0.29) is 0 Å². The van der Waals surface area contributed by atoms with Gasteiger partial charge in [-0.05, 0) is 31.5 Å². The van der Waals surface area contributed by atoms with Crippen LogP contribution in [0.2, 0.25) is 0 Å². The Morgan fingerprint density at radius 2 is 2.38 bits per heavy atom. The van der Waals surface area contributed by atoms with Crippen molar-refractivity contribution in [3.8, 4) is 17.5 Å². The third-order valence-electron chi connectivity index (χ3n) is 3.96. The predicted molar refractivity (Wildman–Crippen MR) is 79.7 cm³/mol. The summed E-state index contributed by atoms with van der Waals surface area (Å²) < 4.78 is 7.43. The summed E-state index contributed by atoms with van der Waals surface area (Å²) in [7, 11) is 1.62. The molecule has 1 atom stereocenters. The van der Waals surface area contributed by atoms with Gasteiger partial charge in [0, 0.05) is 24.4 Å². The summed E-state index contributed by atoms with van der Waals surface area (Å²) in [5, 5.41) is 12.8. The molecule has 5 heteroatoms. The molecule has 21 heavy (non-hydrogen) atoms. The molecule has 1 aromatic heterocycles. The van der Waals surface area contributed by atoms with Gasteiger partial charge in [0.1, 0.15) is 17.5 Å². The van der Waals surface area contributed by atoms with Crippen molar-refractivity contribution in [1.29, 1.82) is 5.26 Å². The second-order valence-corrected chi connectivity index (χ2v) is 5.20. The molecule has 1 aliphatic rings. The monoisotopic (exact) mass is 282 g/mol. The van der Waals surface area contributed by atoms with Crippen molar-refractivity contribution in [2.45, 2.75) is 18.8 Å². The topological polar surface area (TPSA) is 62.9 Å². The van der Waals surface area contributed by atoms with E-state index in [9.17, 15) is 5.26 Å². The number of benzene rings is 1. The molecular formula is C16H18N4O. The van der Waals surface area contributed by atoms with E-state index in [1.54, 1.807) is 19.5 Å². The van der Waals surface area contributed by atoms with E-state index in [4.69, 9.17) is 4.74 Å². The van der Waals surface area contributed by atoms with Crippen molar-refractivity contribution in [2.75, 3.05) is 20.2 Å². The minimum atomic E-state index is 0.415. The molecular weight excluding hydrogens is 264 g/mol. The highest BCUT2D eigenvalue weighted by Gasteiger charge is 2.22. The summed E-state index contributed by atoms with van der Waals surface area (Å²) in [6.45, 7) is 2.02. The number of ether oxygens (including phenoxy) is 1. The zero-order valence-corrected chi connectivity index (χ0v) is 12.0. The van der Waals surface area contributed by atoms with Crippen molar-refractivity contribution in [1.82, 2.24) is 14.9 Å². The number of nitriles is 1. The Hall–Kier alpha value is -2.32. The molecule has 0 aliphatic carbocycles. The first-order chi connectivity index (χ1) is 10.3. The summed E-state index contributed by atoms with van der Waals surface area (Å²) in [6, 6.07) is 7.76. The number of para-hydroxylation sites is 1. The van der Waals surface area contributed by atoms with Gasteiger partial charge >= 0.3 is 0 Å². The number of rotatable bonds is 3. The molecule has 3 rings (SSSR count). The molecule has 1 aromatic carbocycles. The lowest BCUT2D eigenvalue weighted by Crippen LogP contribution is -2.29. The van der Waals surface area contributed by atoms with Crippen LogP contribution in [0.4, 0.5) is 0 Å². The fourth-order valence-corrected chi connectivity index (χ4v) is 2.92. The van der Waals surface area contributed by atoms with Gasteiger partial charge in [-0.1, -0.05) is 6.07 Å². The zero-order valence-electron chi connectivity index (χ0n) is 12.0. The van der Waals surface area contributed by atoms with Gasteiger partial charge in [0.25, 0.3) is 0 Å². The Kier molecular flexibility index (Phi) is 3.89. The summed E-state index contributed by atoms with van der Waals surface area (Å²) in [5.74, 6) is 1.11. The van der Waals surface area contributed by atoms with Gasteiger partial charge in [-0.3, -0.25) is 4.57 Å². The van der Waals surface area contributed by atoms with E-state index in [0.29, 0.717) is 17.2 Å². The molecule has 1 N–H and O–H groups in total. The standard InChI is InChI=1S/C16H18N4O/c1-21-15-6-2-4-12(8-17)16(15)20-11-19-10-14(20)13-5-3-7-18-9-13/h2,4,6,10-11,13,18H,3,5,7,9H2,1H3. The SMILES string of the molecule is COc1cccc(C#N)c1-n1cncc1C1CCCNC1. The lowest BCUT2D eigenvalue weighted by atomic mass is 9.96. The van der Waals surface area contributed by atoms with Crippen molar-refractivity contribution in [2.24, 2.45) is 0 Å². The number of hydrogen-bond acceptors (Lipinski definition) is 4. The van der Waals surface area contributed by atoms with Crippen LogP contribution in [0.5, 0.6) is 5.75 Å². The molecule has 0 saturated carbocycles. The molecule has 108 valence electrons. The second kappa shape index (κ2) is 5.98. The van der Waals surface area contributed by atoms with Gasteiger partial charge in [0.05, 0.1) is 19.0 Å². The predicted octanol–water partition coefficient (Wildman–Crippen LogP) is 2.22. The lowest BCUT2D eigenvalue weighted by Gasteiger charge is -2.24. The van der Waals surface area contributed by atoms with Crippen LogP contribution in [-0.4, -0.2) is 29.8 Å². The van der Waals surface area contributed by atoms with E-state index in [1.807, 2.05) is 22.9 Å². The Bertz CT molecular complexity index is 665. The van der Waals surface area contributed by atoms with E-state index < -0.39 is 0 Å². The smallest absolute Gasteiger partial charge is 0.144 e. The third-order valence-corrected chi connectivity index (χ3v) is 3.96. The molecule has 5 nitrogen and oxygen atoms in total. The van der Waals surface area contributed by atoms with Crippen LogP contribution in [0, 0.1) is 11.3 Å². The minimum Gasteiger partial charge on any atom is -0.495 e. The Labute approximate surface area is 124 Å². The Morgan fingerprint density at radius 3 is 3.10 bits per heavy atom. The molecule has 0 amide bonds. The van der Waals surface area contributed by atoms with Gasteiger partial charge in [-0.2, -0.15) is 5.26 Å². The van der Waals surface area contributed by atoms with Gasteiger partial charge in [0.15, 0.2) is 0 Å². The minimum absolute atomic E-state index is 0.415. The number of imidazole rings is 1. The van der Waals surface area contributed by atoms with E-state index in [1.165, 1.54) is 0 Å². The number of nitrogens with zero attached hydrogens (tertiary/aromatic N) is 3. The Morgan fingerprint density at radius 1 is 1.48 bits per heavy atom. The van der Waals surface area contributed by atoms with Gasteiger partial charge in [0.2, 0.25) is 0 Å². The molecule has 0 bridgehead atoms. The highest BCUT2D eigenvalue weighted by molar-refractivity contribution is 5.58. The maximum Gasteiger partial charge on any atom is 0.144 e. The largest absolute Gasteiger partial charge is 0.495 e. The summed E-state index contributed by atoms with van der Waals surface area (Å²) in [4.78, 5) is 4.29. The fraction of sp³-hybridized carbons (Fsp3) is 0.375. The zero-order chi connectivity index (χ0) is 14.7. The van der Waals surface area contributed by atoms with Crippen LogP contribution in [0.1, 0.15) is 30.0 Å². The van der Waals surface area contributed by atoms with Crippen molar-refractivity contribution < 1.29 is 4.74 Å². The third kappa shape index (κ3) is 2.50. The van der Waals surface area contributed by atoms with Crippen LogP contribution < -0.4 is 10.1 Å². The molecule has 1 fully saturated rings. The molecule has 2 heterocycles. The Balaban J connectivity index is 2.10. The van der Waals surface area contributed by atoms with E-state index >= 15 is 0 Å². The van der Waals surface area contributed by atoms with Crippen molar-refractivity contribution >= 4 is 0 Å². The second-order valence-electron chi connectivity index (χ2n) is 5.20. The van der Waals surface area contributed by atoms with Crippen LogP contribution in [0.15, 0.2) is 30.7 Å². The number of piperidine rings is 1. The number of hydrogen-bond donors (Lipinski definition) is 1. The van der Waals surface area contributed by atoms with E-state index in [0.717, 1.165) is 37.3 Å². The normalized spacial score (nSPS) is 18.2. The van der Waals surface area contributed by atoms with Crippen molar-refractivity contribution in [3.05, 3.63) is 42.0 Å². The molecule has 0 radical (unpaired) electrons. The first-order valence-electron chi connectivity index (χ1n) is 7.15. The van der Waals surface area contributed by atoms with Gasteiger partial charge in [-0.15, -0.1) is 0 Å². The number of methoxy groups -OCH3 is 1. The molecule has 1 saturated heterocycles. The van der Waals surface area contributed by atoms with Crippen LogP contribution in [0.25, 0.3) is 5.69 Å². The first-order valence-corrected chi connectivity index (χ1v) is 7.15. The van der Waals surface area contributed by atoms with Gasteiger partial charge < -0.3 is 10.1 Å². The van der Waals surface area contributed by atoms with Crippen LogP contribution >= 0.6 is 0 Å². The number of nitrogens with one attached hydrogen (secondary N) is 1. The molecule has 0 spiro atoms. The maximum absolute atomic E-state index is 9.39.